The number of ether oxygens (including phenoxy) is 3. The smallest absolute Gasteiger partial charge is 0.148 e. The van der Waals surface area contributed by atoms with Crippen LogP contribution in [0, 0.1) is 0 Å². The standard InChI is InChI=1S/C12H20O3Si/c1-16(2,3)8-4-5-9-11-12(14-7-13-11)10(6-8)15-9/h4,9-12H,5-7H2,1-3H3. The number of rotatable bonds is 1. The van der Waals surface area contributed by atoms with Crippen molar-refractivity contribution < 1.29 is 14.2 Å². The zero-order valence-electron chi connectivity index (χ0n) is 10.2. The first kappa shape index (κ1) is 11.0. The summed E-state index contributed by atoms with van der Waals surface area (Å²) in [4.78, 5) is 0. The first-order chi connectivity index (χ1) is 7.55. The number of fused-ring (bicyclic) bond motifs is 5. The van der Waals surface area contributed by atoms with Gasteiger partial charge in [0.05, 0.1) is 20.3 Å². The fraction of sp³-hybridized carbons (Fsp3) is 0.833. The summed E-state index contributed by atoms with van der Waals surface area (Å²) >= 11 is 0. The summed E-state index contributed by atoms with van der Waals surface area (Å²) in [7, 11) is -1.19. The lowest BCUT2D eigenvalue weighted by molar-refractivity contribution is -0.0691. The third kappa shape index (κ3) is 1.68. The van der Waals surface area contributed by atoms with E-state index in [0.717, 1.165) is 12.8 Å². The molecule has 0 amide bonds. The molecule has 2 bridgehead atoms. The first-order valence-corrected chi connectivity index (χ1v) is 9.64. The van der Waals surface area contributed by atoms with Crippen molar-refractivity contribution in [2.75, 3.05) is 6.79 Å². The van der Waals surface area contributed by atoms with E-state index in [1.54, 1.807) is 5.20 Å². The summed E-state index contributed by atoms with van der Waals surface area (Å²) in [6, 6.07) is 0. The third-order valence-corrected chi connectivity index (χ3v) is 6.24. The van der Waals surface area contributed by atoms with Gasteiger partial charge in [0, 0.05) is 0 Å². The van der Waals surface area contributed by atoms with Crippen molar-refractivity contribution in [1.29, 1.82) is 0 Å². The molecular formula is C12H20O3Si. The van der Waals surface area contributed by atoms with E-state index in [0.29, 0.717) is 6.79 Å². The van der Waals surface area contributed by atoms with Crippen molar-refractivity contribution in [3.05, 3.63) is 11.3 Å². The van der Waals surface area contributed by atoms with E-state index in [9.17, 15) is 0 Å². The average molecular weight is 240 g/mol. The van der Waals surface area contributed by atoms with E-state index in [2.05, 4.69) is 25.7 Å². The Kier molecular flexibility index (Phi) is 2.51. The summed E-state index contributed by atoms with van der Waals surface area (Å²) in [5, 5.41) is 1.63. The normalized spacial score (nSPS) is 42.8. The lowest BCUT2D eigenvalue weighted by Crippen LogP contribution is -2.34. The number of hydrogen-bond acceptors (Lipinski definition) is 3. The zero-order chi connectivity index (χ0) is 11.3. The van der Waals surface area contributed by atoms with Crippen LogP contribution in [-0.4, -0.2) is 39.3 Å². The monoisotopic (exact) mass is 240 g/mol. The molecule has 2 fully saturated rings. The maximum Gasteiger partial charge on any atom is 0.148 e. The zero-order valence-corrected chi connectivity index (χ0v) is 11.2. The fourth-order valence-electron chi connectivity index (χ4n) is 2.93. The Morgan fingerprint density at radius 1 is 1.12 bits per heavy atom. The Balaban J connectivity index is 1.84. The van der Waals surface area contributed by atoms with Crippen molar-refractivity contribution in [2.45, 2.75) is 56.9 Å². The van der Waals surface area contributed by atoms with E-state index in [-0.39, 0.29) is 24.4 Å². The molecule has 3 rings (SSSR count). The molecule has 0 aromatic carbocycles. The van der Waals surface area contributed by atoms with Crippen LogP contribution in [0.4, 0.5) is 0 Å². The van der Waals surface area contributed by atoms with Crippen molar-refractivity contribution in [2.24, 2.45) is 0 Å². The molecular weight excluding hydrogens is 220 g/mol. The highest BCUT2D eigenvalue weighted by molar-refractivity contribution is 6.83. The predicted molar refractivity (Wildman–Crippen MR) is 63.9 cm³/mol. The molecule has 4 unspecified atom stereocenters. The predicted octanol–water partition coefficient (Wildman–Crippen LogP) is 2.09. The van der Waals surface area contributed by atoms with Crippen LogP contribution in [0.3, 0.4) is 0 Å². The molecule has 0 aromatic heterocycles. The fourth-order valence-corrected chi connectivity index (χ4v) is 4.47. The van der Waals surface area contributed by atoms with Gasteiger partial charge >= 0.3 is 0 Å². The minimum atomic E-state index is -1.19. The lowest BCUT2D eigenvalue weighted by Gasteiger charge is -2.25. The lowest BCUT2D eigenvalue weighted by atomic mass is 10.0. The van der Waals surface area contributed by atoms with Crippen molar-refractivity contribution >= 4 is 8.07 Å². The summed E-state index contributed by atoms with van der Waals surface area (Å²) in [6.45, 7) is 7.66. The molecule has 90 valence electrons. The minimum absolute atomic E-state index is 0.185. The highest BCUT2D eigenvalue weighted by Crippen LogP contribution is 2.39. The highest BCUT2D eigenvalue weighted by atomic mass is 28.3. The summed E-state index contributed by atoms with van der Waals surface area (Å²) in [6.07, 6.45) is 5.30. The Bertz CT molecular complexity index is 321. The molecule has 3 heterocycles. The molecule has 16 heavy (non-hydrogen) atoms. The maximum atomic E-state index is 6.03. The van der Waals surface area contributed by atoms with Gasteiger partial charge in [0.25, 0.3) is 0 Å². The van der Waals surface area contributed by atoms with Crippen molar-refractivity contribution in [3.8, 4) is 0 Å². The molecule has 4 heteroatoms. The Morgan fingerprint density at radius 2 is 1.81 bits per heavy atom. The van der Waals surface area contributed by atoms with Crippen LogP contribution in [0.2, 0.25) is 19.6 Å². The molecule has 3 nitrogen and oxygen atoms in total. The molecule has 0 saturated carbocycles. The Morgan fingerprint density at radius 3 is 2.50 bits per heavy atom. The van der Waals surface area contributed by atoms with Crippen LogP contribution in [-0.2, 0) is 14.2 Å². The molecule has 3 aliphatic rings. The topological polar surface area (TPSA) is 27.7 Å². The van der Waals surface area contributed by atoms with Gasteiger partial charge in [0.2, 0.25) is 0 Å². The quantitative estimate of drug-likeness (QED) is 0.657. The van der Waals surface area contributed by atoms with Gasteiger partial charge in [-0.05, 0) is 12.8 Å². The van der Waals surface area contributed by atoms with Gasteiger partial charge in [-0.25, -0.2) is 0 Å². The summed E-state index contributed by atoms with van der Waals surface area (Å²) in [5.41, 5.74) is 0. The Labute approximate surface area is 97.8 Å². The van der Waals surface area contributed by atoms with Crippen LogP contribution in [0.25, 0.3) is 0 Å². The second kappa shape index (κ2) is 3.67. The highest BCUT2D eigenvalue weighted by Gasteiger charge is 2.50. The van der Waals surface area contributed by atoms with Crippen LogP contribution in [0.5, 0.6) is 0 Å². The third-order valence-electron chi connectivity index (χ3n) is 3.91. The van der Waals surface area contributed by atoms with Gasteiger partial charge in [-0.3, -0.25) is 0 Å². The SMILES string of the molecule is C[Si](C)(C)C1=CCC2OC(C1)C1OCOC21. The minimum Gasteiger partial charge on any atom is -0.369 e. The molecule has 0 aliphatic carbocycles. The molecule has 0 radical (unpaired) electrons. The van der Waals surface area contributed by atoms with Crippen LogP contribution in [0.15, 0.2) is 11.3 Å². The molecule has 0 N–H and O–H groups in total. The largest absolute Gasteiger partial charge is 0.369 e. The van der Waals surface area contributed by atoms with E-state index in [1.165, 1.54) is 0 Å². The summed E-state index contributed by atoms with van der Waals surface area (Å²) < 4.78 is 17.3. The van der Waals surface area contributed by atoms with Crippen LogP contribution in [0.1, 0.15) is 12.8 Å². The van der Waals surface area contributed by atoms with Crippen molar-refractivity contribution in [1.82, 2.24) is 0 Å². The average Bonchev–Trinajstić information content (AvgIpc) is 2.66. The van der Waals surface area contributed by atoms with Crippen LogP contribution < -0.4 is 0 Å². The second-order valence-electron chi connectivity index (χ2n) is 6.01. The van der Waals surface area contributed by atoms with Gasteiger partial charge in [-0.2, -0.15) is 0 Å². The van der Waals surface area contributed by atoms with Gasteiger partial charge in [-0.15, -0.1) is 0 Å². The van der Waals surface area contributed by atoms with E-state index >= 15 is 0 Å². The van der Waals surface area contributed by atoms with Gasteiger partial charge in [0.1, 0.15) is 19.0 Å². The van der Waals surface area contributed by atoms with E-state index < -0.39 is 8.07 Å². The van der Waals surface area contributed by atoms with Gasteiger partial charge in [-0.1, -0.05) is 30.9 Å². The maximum absolute atomic E-state index is 6.03. The first-order valence-electron chi connectivity index (χ1n) is 6.14. The van der Waals surface area contributed by atoms with Gasteiger partial charge in [0.15, 0.2) is 0 Å². The molecule has 4 atom stereocenters. The van der Waals surface area contributed by atoms with E-state index in [4.69, 9.17) is 14.2 Å². The van der Waals surface area contributed by atoms with Crippen molar-refractivity contribution in [3.63, 3.8) is 0 Å². The molecule has 0 spiro atoms. The summed E-state index contributed by atoms with van der Waals surface area (Å²) in [5.74, 6) is 0. The Hall–Kier alpha value is -0.163. The molecule has 2 saturated heterocycles. The van der Waals surface area contributed by atoms with E-state index in [1.807, 2.05) is 0 Å². The van der Waals surface area contributed by atoms with Gasteiger partial charge < -0.3 is 14.2 Å². The van der Waals surface area contributed by atoms with Crippen LogP contribution >= 0.6 is 0 Å². The number of hydrogen-bond donors (Lipinski definition) is 0. The molecule has 0 aromatic rings. The molecule has 3 aliphatic heterocycles. The second-order valence-corrected chi connectivity index (χ2v) is 11.2.